The number of hydrogen-bond acceptors (Lipinski definition) is 5. The molecule has 5 nitrogen and oxygen atoms in total. The largest absolute Gasteiger partial charge is 0.496 e. The predicted octanol–water partition coefficient (Wildman–Crippen LogP) is 2.79. The Morgan fingerprint density at radius 1 is 1.30 bits per heavy atom. The van der Waals surface area contributed by atoms with Crippen molar-refractivity contribution < 1.29 is 9.26 Å². The molecule has 2 heterocycles. The Morgan fingerprint density at radius 2 is 2.05 bits per heavy atom. The Labute approximate surface area is 118 Å². The summed E-state index contributed by atoms with van der Waals surface area (Å²) in [6.45, 7) is 5.06. The van der Waals surface area contributed by atoms with Crippen LogP contribution in [0.5, 0.6) is 5.75 Å². The number of aryl methyl sites for hydroxylation is 2. The van der Waals surface area contributed by atoms with Gasteiger partial charge in [-0.2, -0.15) is 4.98 Å². The van der Waals surface area contributed by atoms with E-state index in [0.717, 1.165) is 41.8 Å². The SMILES string of the molecule is COc1c(C)cc(-c2noc([C@H]3CCCN3)n2)cc1C. The van der Waals surface area contributed by atoms with Crippen LogP contribution < -0.4 is 10.1 Å². The van der Waals surface area contributed by atoms with Crippen LogP contribution in [0.4, 0.5) is 0 Å². The van der Waals surface area contributed by atoms with Crippen LogP contribution in [0, 0.1) is 13.8 Å². The molecule has 0 amide bonds. The summed E-state index contributed by atoms with van der Waals surface area (Å²) in [5, 5.41) is 7.46. The third-order valence-electron chi connectivity index (χ3n) is 3.72. The molecule has 1 fully saturated rings. The van der Waals surface area contributed by atoms with E-state index < -0.39 is 0 Å². The molecule has 106 valence electrons. The number of hydrogen-bond donors (Lipinski definition) is 1. The van der Waals surface area contributed by atoms with Crippen molar-refractivity contribution >= 4 is 0 Å². The van der Waals surface area contributed by atoms with E-state index in [1.807, 2.05) is 26.0 Å². The maximum Gasteiger partial charge on any atom is 0.244 e. The van der Waals surface area contributed by atoms with Crippen LogP contribution in [0.2, 0.25) is 0 Å². The van der Waals surface area contributed by atoms with Crippen LogP contribution in [-0.2, 0) is 0 Å². The van der Waals surface area contributed by atoms with Gasteiger partial charge in [-0.3, -0.25) is 0 Å². The summed E-state index contributed by atoms with van der Waals surface area (Å²) in [5.41, 5.74) is 3.12. The van der Waals surface area contributed by atoms with Gasteiger partial charge in [-0.1, -0.05) is 5.16 Å². The van der Waals surface area contributed by atoms with Crippen molar-refractivity contribution in [2.45, 2.75) is 32.7 Å². The lowest BCUT2D eigenvalue weighted by Gasteiger charge is -2.09. The average molecular weight is 273 g/mol. The average Bonchev–Trinajstić information content (AvgIpc) is 3.09. The topological polar surface area (TPSA) is 60.2 Å². The van der Waals surface area contributed by atoms with Gasteiger partial charge in [-0.15, -0.1) is 0 Å². The monoisotopic (exact) mass is 273 g/mol. The summed E-state index contributed by atoms with van der Waals surface area (Å²) in [5.74, 6) is 2.24. The molecule has 2 aromatic rings. The molecule has 3 rings (SSSR count). The van der Waals surface area contributed by atoms with Gasteiger partial charge in [0.2, 0.25) is 11.7 Å². The van der Waals surface area contributed by atoms with E-state index >= 15 is 0 Å². The summed E-state index contributed by atoms with van der Waals surface area (Å²) >= 11 is 0. The second-order valence-electron chi connectivity index (χ2n) is 5.25. The molecule has 0 radical (unpaired) electrons. The van der Waals surface area contributed by atoms with Crippen molar-refractivity contribution in [3.05, 3.63) is 29.2 Å². The third kappa shape index (κ3) is 2.29. The molecule has 20 heavy (non-hydrogen) atoms. The van der Waals surface area contributed by atoms with Crippen molar-refractivity contribution in [2.75, 3.05) is 13.7 Å². The Balaban J connectivity index is 1.93. The quantitative estimate of drug-likeness (QED) is 0.931. The first-order valence-electron chi connectivity index (χ1n) is 6.91. The van der Waals surface area contributed by atoms with Crippen LogP contribution in [0.15, 0.2) is 16.7 Å². The Hall–Kier alpha value is -1.88. The van der Waals surface area contributed by atoms with Crippen LogP contribution in [0.3, 0.4) is 0 Å². The highest BCUT2D eigenvalue weighted by atomic mass is 16.5. The molecule has 0 bridgehead atoms. The molecular formula is C15H19N3O2. The molecular weight excluding hydrogens is 254 g/mol. The van der Waals surface area contributed by atoms with Crippen LogP contribution in [0.1, 0.15) is 35.9 Å². The zero-order chi connectivity index (χ0) is 14.1. The normalized spacial score (nSPS) is 18.4. The van der Waals surface area contributed by atoms with Crippen molar-refractivity contribution in [3.63, 3.8) is 0 Å². The minimum Gasteiger partial charge on any atom is -0.496 e. The molecule has 1 atom stereocenters. The third-order valence-corrected chi connectivity index (χ3v) is 3.72. The van der Waals surface area contributed by atoms with E-state index in [-0.39, 0.29) is 6.04 Å². The molecule has 1 aliphatic heterocycles. The lowest BCUT2D eigenvalue weighted by Crippen LogP contribution is -2.12. The number of aromatic nitrogens is 2. The molecule has 0 aliphatic carbocycles. The Bertz CT molecular complexity index is 592. The molecule has 0 saturated carbocycles. The zero-order valence-electron chi connectivity index (χ0n) is 12.1. The fourth-order valence-electron chi connectivity index (χ4n) is 2.79. The minimum atomic E-state index is 0.205. The maximum atomic E-state index is 5.38. The molecule has 1 N–H and O–H groups in total. The van der Waals surface area contributed by atoms with Crippen molar-refractivity contribution in [1.82, 2.24) is 15.5 Å². The van der Waals surface area contributed by atoms with E-state index in [0.29, 0.717) is 11.7 Å². The van der Waals surface area contributed by atoms with Gasteiger partial charge < -0.3 is 14.6 Å². The molecule has 5 heteroatoms. The Morgan fingerprint density at radius 3 is 2.65 bits per heavy atom. The highest BCUT2D eigenvalue weighted by Gasteiger charge is 2.23. The van der Waals surface area contributed by atoms with E-state index in [1.165, 1.54) is 0 Å². The number of ether oxygens (including phenoxy) is 1. The highest BCUT2D eigenvalue weighted by Crippen LogP contribution is 2.30. The summed E-state index contributed by atoms with van der Waals surface area (Å²) in [7, 11) is 1.69. The van der Waals surface area contributed by atoms with Crippen LogP contribution in [-0.4, -0.2) is 23.8 Å². The lowest BCUT2D eigenvalue weighted by molar-refractivity contribution is 0.345. The van der Waals surface area contributed by atoms with Gasteiger partial charge in [-0.25, -0.2) is 0 Å². The minimum absolute atomic E-state index is 0.205. The number of nitrogens with one attached hydrogen (secondary N) is 1. The van der Waals surface area contributed by atoms with Crippen molar-refractivity contribution in [2.24, 2.45) is 0 Å². The maximum absolute atomic E-state index is 5.38. The van der Waals surface area contributed by atoms with Gasteiger partial charge in [-0.05, 0) is 56.5 Å². The molecule has 1 aromatic heterocycles. The highest BCUT2D eigenvalue weighted by molar-refractivity contribution is 5.60. The van der Waals surface area contributed by atoms with Crippen LogP contribution in [0.25, 0.3) is 11.4 Å². The summed E-state index contributed by atoms with van der Waals surface area (Å²) in [4.78, 5) is 4.52. The first kappa shape index (κ1) is 13.1. The van der Waals surface area contributed by atoms with Gasteiger partial charge in [0, 0.05) is 5.56 Å². The lowest BCUT2D eigenvalue weighted by atomic mass is 10.1. The van der Waals surface area contributed by atoms with E-state index in [4.69, 9.17) is 9.26 Å². The van der Waals surface area contributed by atoms with Gasteiger partial charge in [0.05, 0.1) is 13.2 Å². The van der Waals surface area contributed by atoms with Gasteiger partial charge >= 0.3 is 0 Å². The molecule has 1 aliphatic rings. The van der Waals surface area contributed by atoms with Gasteiger partial charge in [0.15, 0.2) is 0 Å². The van der Waals surface area contributed by atoms with E-state index in [9.17, 15) is 0 Å². The number of methoxy groups -OCH3 is 1. The molecule has 1 aromatic carbocycles. The molecule has 1 saturated heterocycles. The van der Waals surface area contributed by atoms with Crippen LogP contribution >= 0.6 is 0 Å². The van der Waals surface area contributed by atoms with E-state index in [1.54, 1.807) is 7.11 Å². The molecule has 0 spiro atoms. The Kier molecular flexibility index (Phi) is 3.44. The first-order chi connectivity index (χ1) is 9.69. The number of benzene rings is 1. The predicted molar refractivity (Wildman–Crippen MR) is 75.7 cm³/mol. The van der Waals surface area contributed by atoms with Gasteiger partial charge in [0.25, 0.3) is 0 Å². The first-order valence-corrected chi connectivity index (χ1v) is 6.91. The summed E-state index contributed by atoms with van der Waals surface area (Å²) in [6.07, 6.45) is 2.21. The number of nitrogens with zero attached hydrogens (tertiary/aromatic N) is 2. The summed E-state index contributed by atoms with van der Waals surface area (Å²) < 4.78 is 10.8. The molecule has 0 unspecified atom stereocenters. The number of rotatable bonds is 3. The second-order valence-corrected chi connectivity index (χ2v) is 5.25. The standard InChI is InChI=1S/C15H19N3O2/c1-9-7-11(8-10(2)13(9)19-3)14-17-15(20-18-14)12-5-4-6-16-12/h7-8,12,16H,4-6H2,1-3H3/t12-/m1/s1. The second kappa shape index (κ2) is 5.25. The van der Waals surface area contributed by atoms with Crippen molar-refractivity contribution in [3.8, 4) is 17.1 Å². The fraction of sp³-hybridized carbons (Fsp3) is 0.467. The zero-order valence-corrected chi connectivity index (χ0v) is 12.1. The summed E-state index contributed by atoms with van der Waals surface area (Å²) in [6, 6.07) is 4.27. The van der Waals surface area contributed by atoms with E-state index in [2.05, 4.69) is 15.5 Å². The smallest absolute Gasteiger partial charge is 0.244 e. The fourth-order valence-corrected chi connectivity index (χ4v) is 2.79. The van der Waals surface area contributed by atoms with Crippen molar-refractivity contribution in [1.29, 1.82) is 0 Å². The van der Waals surface area contributed by atoms with Gasteiger partial charge in [0.1, 0.15) is 5.75 Å².